The van der Waals surface area contributed by atoms with Crippen LogP contribution in [-0.4, -0.2) is 19.1 Å². The zero-order valence-corrected chi connectivity index (χ0v) is 12.0. The molecular weight excluding hydrogens is 242 g/mol. The first-order valence-corrected chi connectivity index (χ1v) is 6.89. The van der Waals surface area contributed by atoms with Gasteiger partial charge in [0.05, 0.1) is 19.2 Å². The van der Waals surface area contributed by atoms with E-state index in [0.717, 1.165) is 5.76 Å². The molecule has 0 radical (unpaired) electrons. The number of carbonyl (C=O) groups is 1. The molecule has 1 aromatic heterocycles. The van der Waals surface area contributed by atoms with Crippen LogP contribution in [0, 0.1) is 5.41 Å². The minimum Gasteiger partial charge on any atom is -0.467 e. The number of carbonyl (C=O) groups excluding carboxylic acids is 1. The van der Waals surface area contributed by atoms with Crippen LogP contribution in [0.3, 0.4) is 0 Å². The number of ether oxygens (including phenoxy) is 1. The van der Waals surface area contributed by atoms with Gasteiger partial charge in [-0.25, -0.2) is 4.79 Å². The summed E-state index contributed by atoms with van der Waals surface area (Å²) < 4.78 is 10.0. The molecule has 2 rings (SSSR count). The Morgan fingerprint density at radius 2 is 2.16 bits per heavy atom. The number of nitrogens with one attached hydrogen (secondary N) is 1. The normalized spacial score (nSPS) is 19.3. The van der Waals surface area contributed by atoms with Gasteiger partial charge in [0.15, 0.2) is 0 Å². The van der Waals surface area contributed by atoms with E-state index >= 15 is 0 Å². The van der Waals surface area contributed by atoms with Crippen LogP contribution in [-0.2, 0) is 11.3 Å². The smallest absolute Gasteiger partial charge is 0.341 e. The summed E-state index contributed by atoms with van der Waals surface area (Å²) in [5.41, 5.74) is 0.963. The Hall–Kier alpha value is -1.29. The van der Waals surface area contributed by atoms with Crippen molar-refractivity contribution in [1.82, 2.24) is 5.32 Å². The molecule has 0 amide bonds. The van der Waals surface area contributed by atoms with Crippen LogP contribution in [0.5, 0.6) is 0 Å². The first-order valence-electron chi connectivity index (χ1n) is 6.89. The quantitative estimate of drug-likeness (QED) is 0.850. The van der Waals surface area contributed by atoms with E-state index in [0.29, 0.717) is 23.6 Å². The van der Waals surface area contributed by atoms with Crippen LogP contribution in [0.25, 0.3) is 0 Å². The lowest BCUT2D eigenvalue weighted by Gasteiger charge is -2.34. The topological polar surface area (TPSA) is 51.5 Å². The van der Waals surface area contributed by atoms with Gasteiger partial charge in [0.25, 0.3) is 0 Å². The second-order valence-corrected chi connectivity index (χ2v) is 6.11. The summed E-state index contributed by atoms with van der Waals surface area (Å²) >= 11 is 0. The van der Waals surface area contributed by atoms with Crippen LogP contribution in [0.1, 0.15) is 55.6 Å². The third-order valence-corrected chi connectivity index (χ3v) is 3.98. The third-order valence-electron chi connectivity index (χ3n) is 3.98. The molecule has 1 aliphatic carbocycles. The van der Waals surface area contributed by atoms with Gasteiger partial charge in [-0.2, -0.15) is 0 Å². The number of hydrogen-bond donors (Lipinski definition) is 1. The fourth-order valence-electron chi connectivity index (χ4n) is 2.55. The lowest BCUT2D eigenvalue weighted by atomic mass is 9.75. The summed E-state index contributed by atoms with van der Waals surface area (Å²) in [4.78, 5) is 11.3. The minimum absolute atomic E-state index is 0.352. The van der Waals surface area contributed by atoms with Crippen LogP contribution >= 0.6 is 0 Å². The zero-order chi connectivity index (χ0) is 13.9. The molecular formula is C15H23NO3. The SMILES string of the molecule is COC(=O)c1coc(CNC2CCC(C)(C)CC2)c1. The van der Waals surface area contributed by atoms with Gasteiger partial charge in [-0.1, -0.05) is 13.8 Å². The van der Waals surface area contributed by atoms with Crippen molar-refractivity contribution >= 4 is 5.97 Å². The maximum absolute atomic E-state index is 11.3. The average Bonchev–Trinajstić information content (AvgIpc) is 2.85. The van der Waals surface area contributed by atoms with Crippen molar-refractivity contribution in [3.8, 4) is 0 Å². The van der Waals surface area contributed by atoms with Gasteiger partial charge in [0, 0.05) is 6.04 Å². The molecule has 0 saturated heterocycles. The minimum atomic E-state index is -0.352. The lowest BCUT2D eigenvalue weighted by Crippen LogP contribution is -2.35. The van der Waals surface area contributed by atoms with Crippen molar-refractivity contribution in [2.24, 2.45) is 5.41 Å². The van der Waals surface area contributed by atoms with Crippen molar-refractivity contribution in [2.75, 3.05) is 7.11 Å². The van der Waals surface area contributed by atoms with Gasteiger partial charge in [-0.05, 0) is 37.2 Å². The van der Waals surface area contributed by atoms with Gasteiger partial charge in [-0.15, -0.1) is 0 Å². The number of esters is 1. The summed E-state index contributed by atoms with van der Waals surface area (Å²) in [7, 11) is 1.37. The van der Waals surface area contributed by atoms with Gasteiger partial charge < -0.3 is 14.5 Å². The highest BCUT2D eigenvalue weighted by atomic mass is 16.5. The Labute approximate surface area is 114 Å². The van der Waals surface area contributed by atoms with Crippen molar-refractivity contribution in [3.05, 3.63) is 23.7 Å². The molecule has 0 aliphatic heterocycles. The van der Waals surface area contributed by atoms with Crippen molar-refractivity contribution in [2.45, 2.75) is 52.1 Å². The first-order chi connectivity index (χ1) is 9.00. The van der Waals surface area contributed by atoms with Gasteiger partial charge >= 0.3 is 5.97 Å². The predicted molar refractivity (Wildman–Crippen MR) is 72.9 cm³/mol. The lowest BCUT2D eigenvalue weighted by molar-refractivity contribution is 0.0600. The van der Waals surface area contributed by atoms with E-state index in [9.17, 15) is 4.79 Å². The maximum atomic E-state index is 11.3. The summed E-state index contributed by atoms with van der Waals surface area (Å²) in [6.45, 7) is 5.33. The highest BCUT2D eigenvalue weighted by Gasteiger charge is 2.26. The van der Waals surface area contributed by atoms with Gasteiger partial charge in [0.1, 0.15) is 12.0 Å². The van der Waals surface area contributed by atoms with E-state index in [4.69, 9.17) is 4.42 Å². The Morgan fingerprint density at radius 3 is 2.79 bits per heavy atom. The van der Waals surface area contributed by atoms with Gasteiger partial charge in [-0.3, -0.25) is 0 Å². The number of furan rings is 1. The van der Waals surface area contributed by atoms with E-state index in [-0.39, 0.29) is 5.97 Å². The van der Waals surface area contributed by atoms with Crippen LogP contribution < -0.4 is 5.32 Å². The van der Waals surface area contributed by atoms with Crippen molar-refractivity contribution in [3.63, 3.8) is 0 Å². The van der Waals surface area contributed by atoms with Gasteiger partial charge in [0.2, 0.25) is 0 Å². The Kier molecular flexibility index (Phi) is 4.30. The molecule has 1 N–H and O–H groups in total. The Bertz CT molecular complexity index is 426. The summed E-state index contributed by atoms with van der Waals surface area (Å²) in [6.07, 6.45) is 6.38. The molecule has 1 aromatic rings. The molecule has 1 saturated carbocycles. The second kappa shape index (κ2) is 5.78. The molecule has 0 unspecified atom stereocenters. The molecule has 1 aliphatic rings. The monoisotopic (exact) mass is 265 g/mol. The predicted octanol–water partition coefficient (Wildman–Crippen LogP) is 3.12. The fraction of sp³-hybridized carbons (Fsp3) is 0.667. The zero-order valence-electron chi connectivity index (χ0n) is 12.0. The average molecular weight is 265 g/mol. The molecule has 0 bridgehead atoms. The summed E-state index contributed by atoms with van der Waals surface area (Å²) in [5, 5.41) is 3.50. The third kappa shape index (κ3) is 3.83. The fourth-order valence-corrected chi connectivity index (χ4v) is 2.55. The van der Waals surface area contributed by atoms with E-state index < -0.39 is 0 Å². The van der Waals surface area contributed by atoms with Crippen molar-refractivity contribution < 1.29 is 13.9 Å². The number of rotatable bonds is 4. The maximum Gasteiger partial charge on any atom is 0.341 e. The highest BCUT2D eigenvalue weighted by molar-refractivity contribution is 5.88. The second-order valence-electron chi connectivity index (χ2n) is 6.11. The number of methoxy groups -OCH3 is 1. The van der Waals surface area contributed by atoms with E-state index in [1.165, 1.54) is 39.1 Å². The van der Waals surface area contributed by atoms with E-state index in [1.54, 1.807) is 6.07 Å². The number of hydrogen-bond acceptors (Lipinski definition) is 4. The largest absolute Gasteiger partial charge is 0.467 e. The molecule has 1 fully saturated rings. The summed E-state index contributed by atoms with van der Waals surface area (Å²) in [5.74, 6) is 0.430. The van der Waals surface area contributed by atoms with Crippen molar-refractivity contribution in [1.29, 1.82) is 0 Å². The molecule has 106 valence electrons. The van der Waals surface area contributed by atoms with Crippen LogP contribution in [0.15, 0.2) is 16.7 Å². The molecule has 0 aromatic carbocycles. The highest BCUT2D eigenvalue weighted by Crippen LogP contribution is 2.35. The van der Waals surface area contributed by atoms with E-state index in [2.05, 4.69) is 23.9 Å². The van der Waals surface area contributed by atoms with Crippen LogP contribution in [0.2, 0.25) is 0 Å². The molecule has 19 heavy (non-hydrogen) atoms. The standard InChI is InChI=1S/C15H23NO3/c1-15(2)6-4-12(5-7-15)16-9-13-8-11(10-19-13)14(17)18-3/h8,10,12,16H,4-7,9H2,1-3H3. The van der Waals surface area contributed by atoms with Crippen LogP contribution in [0.4, 0.5) is 0 Å². The molecule has 1 heterocycles. The first kappa shape index (κ1) is 14.1. The van der Waals surface area contributed by atoms with E-state index in [1.807, 2.05) is 0 Å². The molecule has 4 heteroatoms. The molecule has 0 atom stereocenters. The molecule has 4 nitrogen and oxygen atoms in total. The summed E-state index contributed by atoms with van der Waals surface area (Å²) in [6, 6.07) is 2.30. The molecule has 0 spiro atoms. The Morgan fingerprint density at radius 1 is 1.47 bits per heavy atom. The Balaban J connectivity index is 1.80.